The highest BCUT2D eigenvalue weighted by Gasteiger charge is 2.11. The van der Waals surface area contributed by atoms with E-state index in [1.54, 1.807) is 6.20 Å². The third-order valence-corrected chi connectivity index (χ3v) is 3.85. The molecule has 2 N–H and O–H groups in total. The molecule has 2 aromatic heterocycles. The van der Waals surface area contributed by atoms with Gasteiger partial charge in [0.05, 0.1) is 6.10 Å². The number of hydrogen-bond acceptors (Lipinski definition) is 5. The van der Waals surface area contributed by atoms with Gasteiger partial charge < -0.3 is 5.11 Å². The summed E-state index contributed by atoms with van der Waals surface area (Å²) in [4.78, 5) is 8.58. The van der Waals surface area contributed by atoms with E-state index < -0.39 is 6.10 Å². The number of aliphatic hydroxyl groups excluding tert-OH is 1. The first kappa shape index (κ1) is 13.8. The fourth-order valence-electron chi connectivity index (χ4n) is 1.85. The average Bonchev–Trinajstić information content (AvgIpc) is 3.03. The highest BCUT2D eigenvalue weighted by atomic mass is 32.2. The van der Waals surface area contributed by atoms with E-state index in [-0.39, 0.29) is 0 Å². The van der Waals surface area contributed by atoms with Gasteiger partial charge in [-0.15, -0.1) is 5.10 Å². The predicted octanol–water partition coefficient (Wildman–Crippen LogP) is 2.69. The summed E-state index contributed by atoms with van der Waals surface area (Å²) in [5, 5.41) is 17.7. The van der Waals surface area contributed by atoms with Crippen molar-refractivity contribution in [3.63, 3.8) is 0 Å². The highest BCUT2D eigenvalue weighted by molar-refractivity contribution is 7.99. The summed E-state index contributed by atoms with van der Waals surface area (Å²) >= 11 is 1.41. The Morgan fingerprint density at radius 2 is 1.90 bits per heavy atom. The number of pyridine rings is 1. The van der Waals surface area contributed by atoms with Gasteiger partial charge in [0.25, 0.3) is 0 Å². The molecule has 0 amide bonds. The minimum absolute atomic E-state index is 0.503. The van der Waals surface area contributed by atoms with Crippen molar-refractivity contribution in [2.24, 2.45) is 0 Å². The molecule has 0 radical (unpaired) electrons. The molecule has 3 aromatic rings. The number of hydrogen-bond donors (Lipinski definition) is 2. The summed E-state index contributed by atoms with van der Waals surface area (Å²) in [6, 6.07) is 15.2. The first-order valence-corrected chi connectivity index (χ1v) is 7.51. The Hall–Kier alpha value is -2.18. The summed E-state index contributed by atoms with van der Waals surface area (Å²) in [6.07, 6.45) is 1.18. The summed E-state index contributed by atoms with van der Waals surface area (Å²) in [5.41, 5.74) is 1.64. The van der Waals surface area contributed by atoms with Crippen LogP contribution >= 0.6 is 11.8 Å². The number of nitrogens with zero attached hydrogens (tertiary/aromatic N) is 3. The quantitative estimate of drug-likeness (QED) is 0.708. The maximum absolute atomic E-state index is 10.1. The number of aromatic nitrogens is 4. The Kier molecular flexibility index (Phi) is 4.28. The van der Waals surface area contributed by atoms with Crippen LogP contribution in [0.4, 0.5) is 0 Å². The molecule has 0 aliphatic heterocycles. The maximum Gasteiger partial charge on any atom is 0.208 e. The standard InChI is InChI=1S/C15H14N4OS/c20-13(11-6-2-1-3-7-11)10-21-15-17-14(18-19-15)12-8-4-5-9-16-12/h1-9,13,20H,10H2,(H,17,18,19)/t13-/m0/s1. The molecule has 0 saturated carbocycles. The largest absolute Gasteiger partial charge is 0.388 e. The van der Waals surface area contributed by atoms with Crippen LogP contribution in [-0.2, 0) is 0 Å². The van der Waals surface area contributed by atoms with Crippen LogP contribution in [-0.4, -0.2) is 31.0 Å². The Morgan fingerprint density at radius 1 is 1.10 bits per heavy atom. The smallest absolute Gasteiger partial charge is 0.208 e. The second-order valence-corrected chi connectivity index (χ2v) is 5.41. The third-order valence-electron chi connectivity index (χ3n) is 2.93. The van der Waals surface area contributed by atoms with Crippen LogP contribution in [0, 0.1) is 0 Å². The van der Waals surface area contributed by atoms with Crippen LogP contribution in [0.15, 0.2) is 59.9 Å². The molecular weight excluding hydrogens is 284 g/mol. The zero-order valence-corrected chi connectivity index (χ0v) is 12.0. The summed E-state index contributed by atoms with van der Waals surface area (Å²) < 4.78 is 0. The zero-order chi connectivity index (χ0) is 14.5. The number of thioether (sulfide) groups is 1. The van der Waals surface area contributed by atoms with E-state index in [2.05, 4.69) is 20.2 Å². The van der Waals surface area contributed by atoms with E-state index in [4.69, 9.17) is 0 Å². The van der Waals surface area contributed by atoms with Gasteiger partial charge in [0.1, 0.15) is 5.69 Å². The number of nitrogens with one attached hydrogen (secondary N) is 1. The predicted molar refractivity (Wildman–Crippen MR) is 81.7 cm³/mol. The lowest BCUT2D eigenvalue weighted by atomic mass is 10.1. The molecule has 2 heterocycles. The van der Waals surface area contributed by atoms with Crippen molar-refractivity contribution in [3.05, 3.63) is 60.3 Å². The van der Waals surface area contributed by atoms with Gasteiger partial charge in [0.15, 0.2) is 5.82 Å². The molecule has 0 bridgehead atoms. The van der Waals surface area contributed by atoms with Crippen molar-refractivity contribution in [3.8, 4) is 11.5 Å². The van der Waals surface area contributed by atoms with Crippen molar-refractivity contribution in [2.45, 2.75) is 11.3 Å². The molecule has 1 aromatic carbocycles. The minimum Gasteiger partial charge on any atom is -0.388 e. The zero-order valence-electron chi connectivity index (χ0n) is 11.2. The molecule has 5 nitrogen and oxygen atoms in total. The van der Waals surface area contributed by atoms with Crippen molar-refractivity contribution >= 4 is 11.8 Å². The summed E-state index contributed by atoms with van der Waals surface area (Å²) in [5.74, 6) is 1.14. The fourth-order valence-corrected chi connectivity index (χ4v) is 2.62. The van der Waals surface area contributed by atoms with E-state index in [0.717, 1.165) is 11.3 Å². The van der Waals surface area contributed by atoms with Crippen LogP contribution in [0.5, 0.6) is 0 Å². The normalized spacial score (nSPS) is 12.2. The van der Waals surface area contributed by atoms with E-state index in [0.29, 0.717) is 16.7 Å². The van der Waals surface area contributed by atoms with Gasteiger partial charge in [-0.1, -0.05) is 48.2 Å². The molecule has 0 aliphatic rings. The lowest BCUT2D eigenvalue weighted by Crippen LogP contribution is -2.00. The average molecular weight is 298 g/mol. The van der Waals surface area contributed by atoms with Gasteiger partial charge in [0, 0.05) is 11.9 Å². The second-order valence-electron chi connectivity index (χ2n) is 4.42. The van der Waals surface area contributed by atoms with E-state index in [1.807, 2.05) is 48.5 Å². The molecule has 21 heavy (non-hydrogen) atoms. The van der Waals surface area contributed by atoms with Gasteiger partial charge in [-0.05, 0) is 17.7 Å². The number of aliphatic hydroxyl groups is 1. The molecule has 0 fully saturated rings. The molecule has 0 aliphatic carbocycles. The summed E-state index contributed by atoms with van der Waals surface area (Å²) in [7, 11) is 0. The fraction of sp³-hybridized carbons (Fsp3) is 0.133. The van der Waals surface area contributed by atoms with Gasteiger partial charge in [-0.3, -0.25) is 10.1 Å². The molecular formula is C15H14N4OS. The van der Waals surface area contributed by atoms with Crippen LogP contribution in [0.2, 0.25) is 0 Å². The topological polar surface area (TPSA) is 74.7 Å². The van der Waals surface area contributed by atoms with Crippen molar-refractivity contribution in [1.82, 2.24) is 20.2 Å². The molecule has 3 rings (SSSR count). The first-order chi connectivity index (χ1) is 10.3. The molecule has 6 heteroatoms. The monoisotopic (exact) mass is 298 g/mol. The Balaban J connectivity index is 1.63. The third kappa shape index (κ3) is 3.48. The molecule has 0 unspecified atom stereocenters. The number of benzene rings is 1. The Bertz CT molecular complexity index is 687. The summed E-state index contributed by atoms with van der Waals surface area (Å²) in [6.45, 7) is 0. The minimum atomic E-state index is -0.534. The number of H-pyrrole nitrogens is 1. The maximum atomic E-state index is 10.1. The van der Waals surface area contributed by atoms with E-state index >= 15 is 0 Å². The number of rotatable bonds is 5. The van der Waals surface area contributed by atoms with Crippen LogP contribution < -0.4 is 0 Å². The van der Waals surface area contributed by atoms with E-state index in [9.17, 15) is 5.11 Å². The first-order valence-electron chi connectivity index (χ1n) is 6.52. The Morgan fingerprint density at radius 3 is 2.67 bits per heavy atom. The van der Waals surface area contributed by atoms with Crippen molar-refractivity contribution in [2.75, 3.05) is 5.75 Å². The van der Waals surface area contributed by atoms with Gasteiger partial charge in [-0.25, -0.2) is 0 Å². The SMILES string of the molecule is O[C@@H](CSc1n[nH]c(-c2ccccn2)n1)c1ccccc1. The van der Waals surface area contributed by atoms with Gasteiger partial charge >= 0.3 is 0 Å². The van der Waals surface area contributed by atoms with E-state index in [1.165, 1.54) is 11.8 Å². The van der Waals surface area contributed by atoms with Crippen LogP contribution in [0.1, 0.15) is 11.7 Å². The Labute approximate surface area is 126 Å². The van der Waals surface area contributed by atoms with Crippen molar-refractivity contribution < 1.29 is 5.11 Å². The lowest BCUT2D eigenvalue weighted by molar-refractivity contribution is 0.204. The van der Waals surface area contributed by atoms with Gasteiger partial charge in [-0.2, -0.15) is 4.98 Å². The van der Waals surface area contributed by atoms with Crippen molar-refractivity contribution in [1.29, 1.82) is 0 Å². The second kappa shape index (κ2) is 6.51. The van der Waals surface area contributed by atoms with Crippen LogP contribution in [0.25, 0.3) is 11.5 Å². The molecule has 106 valence electrons. The molecule has 0 spiro atoms. The van der Waals surface area contributed by atoms with Gasteiger partial charge in [0.2, 0.25) is 5.16 Å². The number of aromatic amines is 1. The lowest BCUT2D eigenvalue weighted by Gasteiger charge is -2.08. The highest BCUT2D eigenvalue weighted by Crippen LogP contribution is 2.23. The van der Waals surface area contributed by atoms with Crippen LogP contribution in [0.3, 0.4) is 0 Å². The molecule has 1 atom stereocenters. The molecule has 0 saturated heterocycles.